The van der Waals surface area contributed by atoms with Crippen molar-refractivity contribution < 1.29 is 9.53 Å². The van der Waals surface area contributed by atoms with Crippen LogP contribution in [-0.4, -0.2) is 5.97 Å². The number of hydrogen-bond acceptors (Lipinski definition) is 2. The molecule has 0 amide bonds. The van der Waals surface area contributed by atoms with E-state index >= 15 is 0 Å². The van der Waals surface area contributed by atoms with E-state index in [0.29, 0.717) is 11.4 Å². The molecule has 0 radical (unpaired) electrons. The highest BCUT2D eigenvalue weighted by molar-refractivity contribution is 6.30. The highest BCUT2D eigenvalue weighted by atomic mass is 35.5. The van der Waals surface area contributed by atoms with Gasteiger partial charge in [-0.05, 0) is 23.3 Å². The molecule has 3 rings (SSSR count). The van der Waals surface area contributed by atoms with Crippen LogP contribution in [0.15, 0.2) is 48.5 Å². The van der Waals surface area contributed by atoms with E-state index in [4.69, 9.17) is 16.3 Å². The minimum atomic E-state index is -0.346. The first-order valence-electron chi connectivity index (χ1n) is 5.77. The average Bonchev–Trinajstić information content (AvgIpc) is 2.39. The van der Waals surface area contributed by atoms with Crippen LogP contribution in [0.1, 0.15) is 22.8 Å². The Balaban J connectivity index is 2.12. The summed E-state index contributed by atoms with van der Waals surface area (Å²) in [5, 5.41) is 0.660. The minimum absolute atomic E-state index is 0.196. The van der Waals surface area contributed by atoms with Gasteiger partial charge >= 0.3 is 5.97 Å². The van der Waals surface area contributed by atoms with Crippen LogP contribution in [0.5, 0.6) is 0 Å². The number of fused-ring (bicyclic) bond motifs is 1. The van der Waals surface area contributed by atoms with Crippen LogP contribution >= 0.6 is 11.6 Å². The second kappa shape index (κ2) is 4.46. The first-order valence-corrected chi connectivity index (χ1v) is 6.14. The van der Waals surface area contributed by atoms with Crippen LogP contribution in [0, 0.1) is 0 Å². The van der Waals surface area contributed by atoms with Crippen LogP contribution in [-0.2, 0) is 16.0 Å². The van der Waals surface area contributed by atoms with Crippen molar-refractivity contribution in [3.8, 4) is 0 Å². The number of rotatable bonds is 1. The molecule has 2 nitrogen and oxygen atoms in total. The van der Waals surface area contributed by atoms with Crippen LogP contribution in [0.25, 0.3) is 0 Å². The summed E-state index contributed by atoms with van der Waals surface area (Å²) < 4.78 is 5.46. The molecule has 0 N–H and O–H groups in total. The standard InChI is InChI=1S/C15H11ClO2/c16-12-7-6-11-8-14(17)18-15(13(11)9-12)10-4-2-1-3-5-10/h1-7,9,15H,8H2/t15-/m0/s1. The molecule has 2 aromatic carbocycles. The van der Waals surface area contributed by atoms with Crippen molar-refractivity contribution in [2.45, 2.75) is 12.5 Å². The van der Waals surface area contributed by atoms with E-state index in [9.17, 15) is 4.79 Å². The lowest BCUT2D eigenvalue weighted by molar-refractivity contribution is -0.148. The number of cyclic esters (lactones) is 1. The Morgan fingerprint density at radius 2 is 1.89 bits per heavy atom. The van der Waals surface area contributed by atoms with Gasteiger partial charge in [0, 0.05) is 10.6 Å². The monoisotopic (exact) mass is 258 g/mol. The maximum Gasteiger partial charge on any atom is 0.311 e. The lowest BCUT2D eigenvalue weighted by Crippen LogP contribution is -2.22. The molecule has 1 atom stereocenters. The fraction of sp³-hybridized carbons (Fsp3) is 0.133. The molecule has 2 aromatic rings. The summed E-state index contributed by atoms with van der Waals surface area (Å²) in [4.78, 5) is 11.6. The zero-order chi connectivity index (χ0) is 12.5. The van der Waals surface area contributed by atoms with Gasteiger partial charge in [-0.3, -0.25) is 4.79 Å². The van der Waals surface area contributed by atoms with Gasteiger partial charge in [0.2, 0.25) is 0 Å². The van der Waals surface area contributed by atoms with Crippen molar-refractivity contribution in [1.29, 1.82) is 0 Å². The third kappa shape index (κ3) is 2.00. The Kier molecular flexibility index (Phi) is 2.80. The van der Waals surface area contributed by atoms with E-state index in [0.717, 1.165) is 16.7 Å². The second-order valence-corrected chi connectivity index (χ2v) is 4.74. The number of ether oxygens (including phenoxy) is 1. The molecule has 0 aromatic heterocycles. The predicted octanol–water partition coefficient (Wildman–Crippen LogP) is 3.53. The second-order valence-electron chi connectivity index (χ2n) is 4.30. The maximum atomic E-state index is 11.6. The first-order chi connectivity index (χ1) is 8.74. The van der Waals surface area contributed by atoms with Crippen molar-refractivity contribution in [3.63, 3.8) is 0 Å². The molecule has 0 spiro atoms. The molecule has 18 heavy (non-hydrogen) atoms. The first kappa shape index (κ1) is 11.3. The van der Waals surface area contributed by atoms with Crippen molar-refractivity contribution in [2.75, 3.05) is 0 Å². The van der Waals surface area contributed by atoms with Gasteiger partial charge in [0.05, 0.1) is 6.42 Å². The van der Waals surface area contributed by atoms with E-state index in [1.54, 1.807) is 6.07 Å². The zero-order valence-corrected chi connectivity index (χ0v) is 10.4. The van der Waals surface area contributed by atoms with Gasteiger partial charge in [-0.25, -0.2) is 0 Å². The SMILES string of the molecule is O=C1Cc2ccc(Cl)cc2[C@H](c2ccccc2)O1. The van der Waals surface area contributed by atoms with Crippen LogP contribution in [0.2, 0.25) is 5.02 Å². The molecule has 1 aliphatic heterocycles. The molecule has 0 unspecified atom stereocenters. The number of esters is 1. The van der Waals surface area contributed by atoms with Gasteiger partial charge in [-0.1, -0.05) is 48.0 Å². The summed E-state index contributed by atoms with van der Waals surface area (Å²) in [6.07, 6.45) is -0.0308. The third-order valence-corrected chi connectivity index (χ3v) is 3.31. The molecule has 90 valence electrons. The van der Waals surface area contributed by atoms with Gasteiger partial charge in [-0.2, -0.15) is 0 Å². The predicted molar refractivity (Wildman–Crippen MR) is 69.5 cm³/mol. The van der Waals surface area contributed by atoms with Crippen molar-refractivity contribution in [3.05, 3.63) is 70.2 Å². The van der Waals surface area contributed by atoms with Crippen LogP contribution in [0.4, 0.5) is 0 Å². The van der Waals surface area contributed by atoms with Gasteiger partial charge in [0.15, 0.2) is 6.10 Å². The fourth-order valence-electron chi connectivity index (χ4n) is 2.24. The smallest absolute Gasteiger partial charge is 0.311 e. The number of benzene rings is 2. The largest absolute Gasteiger partial charge is 0.452 e. The molecule has 0 fully saturated rings. The lowest BCUT2D eigenvalue weighted by atomic mass is 9.93. The molecule has 0 saturated heterocycles. The quantitative estimate of drug-likeness (QED) is 0.732. The van der Waals surface area contributed by atoms with E-state index in [1.165, 1.54) is 0 Å². The Hall–Kier alpha value is -1.80. The summed E-state index contributed by atoms with van der Waals surface area (Å²) in [6, 6.07) is 15.3. The van der Waals surface area contributed by atoms with Crippen molar-refractivity contribution in [2.24, 2.45) is 0 Å². The fourth-order valence-corrected chi connectivity index (χ4v) is 2.42. The summed E-state index contributed by atoms with van der Waals surface area (Å²) >= 11 is 6.03. The van der Waals surface area contributed by atoms with E-state index < -0.39 is 0 Å². The molecule has 1 heterocycles. The normalized spacial score (nSPS) is 18.1. The molecule has 0 bridgehead atoms. The zero-order valence-electron chi connectivity index (χ0n) is 9.60. The van der Waals surface area contributed by atoms with Crippen LogP contribution < -0.4 is 0 Å². The topological polar surface area (TPSA) is 26.3 Å². The van der Waals surface area contributed by atoms with E-state index in [-0.39, 0.29) is 12.1 Å². The van der Waals surface area contributed by atoms with Gasteiger partial charge in [-0.15, -0.1) is 0 Å². The summed E-state index contributed by atoms with van der Waals surface area (Å²) in [5.74, 6) is -0.196. The van der Waals surface area contributed by atoms with Gasteiger partial charge in [0.1, 0.15) is 0 Å². The number of hydrogen-bond donors (Lipinski definition) is 0. The molecule has 0 saturated carbocycles. The van der Waals surface area contributed by atoms with E-state index in [1.807, 2.05) is 42.5 Å². The molecule has 1 aliphatic rings. The van der Waals surface area contributed by atoms with Crippen LogP contribution in [0.3, 0.4) is 0 Å². The highest BCUT2D eigenvalue weighted by Gasteiger charge is 2.27. The molecule has 3 heteroatoms. The Labute approximate surface area is 110 Å². The third-order valence-electron chi connectivity index (χ3n) is 3.08. The van der Waals surface area contributed by atoms with Crippen molar-refractivity contribution in [1.82, 2.24) is 0 Å². The summed E-state index contributed by atoms with van der Waals surface area (Å²) in [5.41, 5.74) is 2.94. The molecular weight excluding hydrogens is 248 g/mol. The van der Waals surface area contributed by atoms with Crippen molar-refractivity contribution >= 4 is 17.6 Å². The molecular formula is C15H11ClO2. The Bertz CT molecular complexity index is 593. The van der Waals surface area contributed by atoms with Gasteiger partial charge in [0.25, 0.3) is 0 Å². The van der Waals surface area contributed by atoms with E-state index in [2.05, 4.69) is 0 Å². The average molecular weight is 259 g/mol. The summed E-state index contributed by atoms with van der Waals surface area (Å²) in [6.45, 7) is 0. The highest BCUT2D eigenvalue weighted by Crippen LogP contribution is 2.34. The number of carbonyl (C=O) groups excluding carboxylic acids is 1. The molecule has 0 aliphatic carbocycles. The maximum absolute atomic E-state index is 11.6. The minimum Gasteiger partial charge on any atom is -0.452 e. The Morgan fingerprint density at radius 3 is 2.67 bits per heavy atom. The Morgan fingerprint density at radius 1 is 1.11 bits per heavy atom. The van der Waals surface area contributed by atoms with Gasteiger partial charge < -0.3 is 4.74 Å². The number of carbonyl (C=O) groups is 1. The summed E-state index contributed by atoms with van der Waals surface area (Å²) in [7, 11) is 0. The lowest BCUT2D eigenvalue weighted by Gasteiger charge is -2.26. The number of halogens is 1.